The second-order valence-electron chi connectivity index (χ2n) is 11.3. The van der Waals surface area contributed by atoms with E-state index in [1.807, 2.05) is 0 Å². The molecular formula is C31H60NO10P. The van der Waals surface area contributed by atoms with Crippen molar-refractivity contribution in [1.29, 1.82) is 0 Å². The molecule has 0 heterocycles. The van der Waals surface area contributed by atoms with Crippen LogP contribution in [-0.4, -0.2) is 64.9 Å². The lowest BCUT2D eigenvalue weighted by atomic mass is 10.0. The highest BCUT2D eigenvalue weighted by Gasteiger charge is 2.28. The summed E-state index contributed by atoms with van der Waals surface area (Å²) in [5.74, 6) is -2.48. The molecule has 1 amide bonds. The van der Waals surface area contributed by atoms with Crippen LogP contribution in [0.15, 0.2) is 0 Å². The number of rotatable bonds is 31. The fourth-order valence-electron chi connectivity index (χ4n) is 4.51. The van der Waals surface area contributed by atoms with Crippen molar-refractivity contribution in [2.45, 2.75) is 161 Å². The Bertz CT molecular complexity index is 767. The predicted octanol–water partition coefficient (Wildman–Crippen LogP) is 6.83. The molecule has 3 atom stereocenters. The van der Waals surface area contributed by atoms with Gasteiger partial charge in [-0.2, -0.15) is 0 Å². The standard InChI is InChI=1S/C31H60NO10P/c1-3-5-6-7-8-9-10-11-12-13-14-15-16-17-18-19-20-21-22-23-30(35)40-24-27(33)25-41-43(38,39)42-26-28(31(36)37)32-29(34)4-2/h27-28,33H,3-26H2,1-2H3,(H,32,34)(H,36,37)(H,38,39). The third-order valence-corrected chi connectivity index (χ3v) is 8.16. The first-order chi connectivity index (χ1) is 20.6. The predicted molar refractivity (Wildman–Crippen MR) is 167 cm³/mol. The largest absolute Gasteiger partial charge is 0.480 e. The first kappa shape index (κ1) is 41.5. The molecule has 3 unspecified atom stereocenters. The second-order valence-corrected chi connectivity index (χ2v) is 12.8. The fraction of sp³-hybridized carbons (Fsp3) is 0.903. The Hall–Kier alpha value is -1.52. The van der Waals surface area contributed by atoms with Crippen LogP contribution in [0.5, 0.6) is 0 Å². The van der Waals surface area contributed by atoms with Crippen molar-refractivity contribution in [3.63, 3.8) is 0 Å². The summed E-state index contributed by atoms with van der Waals surface area (Å²) in [5.41, 5.74) is 0. The van der Waals surface area contributed by atoms with Gasteiger partial charge in [-0.05, 0) is 6.42 Å². The Morgan fingerprint density at radius 3 is 1.51 bits per heavy atom. The molecule has 254 valence electrons. The SMILES string of the molecule is CCCCCCCCCCCCCCCCCCCCCC(=O)OCC(O)COP(=O)(O)OCC(NC(=O)CC)C(=O)O. The van der Waals surface area contributed by atoms with Gasteiger partial charge in [0.25, 0.3) is 0 Å². The summed E-state index contributed by atoms with van der Waals surface area (Å²) in [6.07, 6.45) is 23.1. The maximum absolute atomic E-state index is 11.9. The van der Waals surface area contributed by atoms with E-state index >= 15 is 0 Å². The number of unbranched alkanes of at least 4 members (excludes halogenated alkanes) is 18. The third kappa shape index (κ3) is 27.7. The topological polar surface area (TPSA) is 169 Å². The number of hydrogen-bond donors (Lipinski definition) is 4. The van der Waals surface area contributed by atoms with Gasteiger partial charge < -0.3 is 25.2 Å². The monoisotopic (exact) mass is 637 g/mol. The van der Waals surface area contributed by atoms with E-state index in [-0.39, 0.29) is 12.8 Å². The minimum absolute atomic E-state index is 0.0293. The van der Waals surface area contributed by atoms with Crippen molar-refractivity contribution in [2.24, 2.45) is 0 Å². The summed E-state index contributed by atoms with van der Waals surface area (Å²) < 4.78 is 26.1. The molecule has 0 aromatic carbocycles. The number of esters is 1. The third-order valence-electron chi connectivity index (χ3n) is 7.21. The van der Waals surface area contributed by atoms with Crippen LogP contribution in [0.25, 0.3) is 0 Å². The van der Waals surface area contributed by atoms with Crippen LogP contribution in [-0.2, 0) is 32.7 Å². The zero-order valence-electron chi connectivity index (χ0n) is 26.8. The quantitative estimate of drug-likeness (QED) is 0.0359. The van der Waals surface area contributed by atoms with Crippen molar-refractivity contribution >= 4 is 25.7 Å². The highest BCUT2D eigenvalue weighted by molar-refractivity contribution is 7.47. The minimum atomic E-state index is -4.70. The summed E-state index contributed by atoms with van der Waals surface area (Å²) in [4.78, 5) is 44.0. The normalized spacial score (nSPS) is 14.1. The van der Waals surface area contributed by atoms with E-state index in [4.69, 9.17) is 9.84 Å². The molecule has 0 aliphatic rings. The summed E-state index contributed by atoms with van der Waals surface area (Å²) in [6.45, 7) is 1.89. The average molecular weight is 638 g/mol. The van der Waals surface area contributed by atoms with Crippen molar-refractivity contribution in [3.8, 4) is 0 Å². The van der Waals surface area contributed by atoms with E-state index in [0.29, 0.717) is 6.42 Å². The number of nitrogens with one attached hydrogen (secondary N) is 1. The summed E-state index contributed by atoms with van der Waals surface area (Å²) >= 11 is 0. The van der Waals surface area contributed by atoms with Gasteiger partial charge in [-0.3, -0.25) is 18.6 Å². The molecule has 4 N–H and O–H groups in total. The number of carbonyl (C=O) groups excluding carboxylic acids is 2. The first-order valence-electron chi connectivity index (χ1n) is 16.6. The number of carboxylic acid groups (broad SMARTS) is 1. The minimum Gasteiger partial charge on any atom is -0.480 e. The second kappa shape index (κ2) is 28.0. The lowest BCUT2D eigenvalue weighted by molar-refractivity contribution is -0.147. The Kier molecular flexibility index (Phi) is 27.0. The van der Waals surface area contributed by atoms with Crippen LogP contribution >= 0.6 is 7.82 Å². The number of aliphatic hydroxyl groups excluding tert-OH is 1. The molecule has 43 heavy (non-hydrogen) atoms. The zero-order valence-corrected chi connectivity index (χ0v) is 27.7. The number of phosphoric ester groups is 1. The van der Waals surface area contributed by atoms with Crippen LogP contribution in [0.2, 0.25) is 0 Å². The number of carbonyl (C=O) groups is 3. The number of ether oxygens (including phenoxy) is 1. The van der Waals surface area contributed by atoms with E-state index in [1.165, 1.54) is 103 Å². The van der Waals surface area contributed by atoms with Gasteiger partial charge in [-0.1, -0.05) is 129 Å². The molecule has 0 saturated heterocycles. The van der Waals surface area contributed by atoms with Crippen LogP contribution in [0, 0.1) is 0 Å². The van der Waals surface area contributed by atoms with Gasteiger partial charge in [0.2, 0.25) is 5.91 Å². The molecule has 0 aliphatic heterocycles. The van der Waals surface area contributed by atoms with E-state index in [1.54, 1.807) is 0 Å². The van der Waals surface area contributed by atoms with Crippen LogP contribution in [0.3, 0.4) is 0 Å². The van der Waals surface area contributed by atoms with Crippen molar-refractivity contribution in [2.75, 3.05) is 19.8 Å². The Labute approximate surface area is 259 Å². The Balaban J connectivity index is 3.64. The molecule has 0 aliphatic carbocycles. The van der Waals surface area contributed by atoms with E-state index in [0.717, 1.165) is 19.3 Å². The smallest absolute Gasteiger partial charge is 0.472 e. The summed E-state index contributed by atoms with van der Waals surface area (Å²) in [7, 11) is -4.70. The van der Waals surface area contributed by atoms with Gasteiger partial charge >= 0.3 is 19.8 Å². The van der Waals surface area contributed by atoms with E-state index < -0.39 is 57.6 Å². The summed E-state index contributed by atoms with van der Waals surface area (Å²) in [6, 6.07) is -1.54. The lowest BCUT2D eigenvalue weighted by Crippen LogP contribution is -2.43. The lowest BCUT2D eigenvalue weighted by Gasteiger charge is -2.18. The zero-order chi connectivity index (χ0) is 32.2. The number of carboxylic acids is 1. The van der Waals surface area contributed by atoms with E-state index in [9.17, 15) is 28.9 Å². The molecule has 0 aromatic heterocycles. The molecule has 0 fully saturated rings. The van der Waals surface area contributed by atoms with Gasteiger partial charge in [0.1, 0.15) is 12.7 Å². The van der Waals surface area contributed by atoms with Crippen molar-refractivity contribution < 1.29 is 47.8 Å². The Morgan fingerprint density at radius 1 is 0.674 bits per heavy atom. The van der Waals surface area contributed by atoms with Gasteiger partial charge in [0.05, 0.1) is 13.2 Å². The highest BCUT2D eigenvalue weighted by Crippen LogP contribution is 2.43. The molecule has 0 radical (unpaired) electrons. The maximum Gasteiger partial charge on any atom is 0.472 e. The van der Waals surface area contributed by atoms with Gasteiger partial charge in [-0.25, -0.2) is 9.36 Å². The van der Waals surface area contributed by atoms with Crippen LogP contribution < -0.4 is 5.32 Å². The van der Waals surface area contributed by atoms with Gasteiger partial charge in [0.15, 0.2) is 6.04 Å². The maximum atomic E-state index is 11.9. The molecule has 0 bridgehead atoms. The average Bonchev–Trinajstić information content (AvgIpc) is 2.98. The molecular weight excluding hydrogens is 577 g/mol. The number of hydrogen-bond acceptors (Lipinski definition) is 8. The molecule has 11 nitrogen and oxygen atoms in total. The fourth-order valence-corrected chi connectivity index (χ4v) is 5.29. The van der Waals surface area contributed by atoms with Gasteiger partial charge in [-0.15, -0.1) is 0 Å². The number of aliphatic carboxylic acids is 1. The number of amides is 1. The molecule has 0 spiro atoms. The van der Waals surface area contributed by atoms with Gasteiger partial charge in [0, 0.05) is 12.8 Å². The summed E-state index contributed by atoms with van der Waals surface area (Å²) in [5, 5.41) is 21.1. The van der Waals surface area contributed by atoms with Crippen LogP contribution in [0.4, 0.5) is 0 Å². The number of phosphoric acid groups is 1. The number of aliphatic hydroxyl groups is 1. The molecule has 0 aromatic rings. The first-order valence-corrected chi connectivity index (χ1v) is 18.1. The van der Waals surface area contributed by atoms with Crippen molar-refractivity contribution in [3.05, 3.63) is 0 Å². The van der Waals surface area contributed by atoms with Crippen LogP contribution in [0.1, 0.15) is 149 Å². The highest BCUT2D eigenvalue weighted by atomic mass is 31.2. The Morgan fingerprint density at radius 2 is 1.09 bits per heavy atom. The molecule has 12 heteroatoms. The molecule has 0 saturated carbocycles. The van der Waals surface area contributed by atoms with E-state index in [2.05, 4.69) is 21.3 Å². The van der Waals surface area contributed by atoms with Crippen molar-refractivity contribution in [1.82, 2.24) is 5.32 Å². The molecule has 0 rings (SSSR count).